The van der Waals surface area contributed by atoms with Crippen molar-refractivity contribution in [3.05, 3.63) is 35.5 Å². The van der Waals surface area contributed by atoms with Crippen LogP contribution >= 0.6 is 0 Å². The molecule has 0 aromatic heterocycles. The summed E-state index contributed by atoms with van der Waals surface area (Å²) in [6.45, 7) is 33.1. The van der Waals surface area contributed by atoms with Crippen molar-refractivity contribution < 1.29 is 18.4 Å². The second-order valence-corrected chi connectivity index (χ2v) is 27.3. The van der Waals surface area contributed by atoms with E-state index in [1.807, 2.05) is 0 Å². The van der Waals surface area contributed by atoms with Crippen molar-refractivity contribution in [2.45, 2.75) is 168 Å². The van der Waals surface area contributed by atoms with Gasteiger partial charge < -0.3 is 13.6 Å². The molecular weight excluding hydrogens is 577 g/mol. The van der Waals surface area contributed by atoms with Gasteiger partial charge >= 0.3 is 5.97 Å². The van der Waals surface area contributed by atoms with Gasteiger partial charge in [-0.15, -0.1) is 0 Å². The van der Waals surface area contributed by atoms with E-state index in [9.17, 15) is 4.79 Å². The maximum atomic E-state index is 11.7. The Morgan fingerprint density at radius 3 is 2.23 bits per heavy atom. The van der Waals surface area contributed by atoms with Crippen molar-refractivity contribution in [2.75, 3.05) is 7.11 Å². The Balaban J connectivity index is 1.86. The summed E-state index contributed by atoms with van der Waals surface area (Å²) in [4.78, 5) is 11.7. The van der Waals surface area contributed by atoms with Crippen molar-refractivity contribution in [2.24, 2.45) is 23.2 Å². The topological polar surface area (TPSA) is 44.8 Å². The van der Waals surface area contributed by atoms with E-state index in [1.54, 1.807) is 5.57 Å². The quantitative estimate of drug-likeness (QED) is 0.175. The fourth-order valence-corrected chi connectivity index (χ4v) is 10.5. The highest BCUT2D eigenvalue weighted by Crippen LogP contribution is 2.60. The molecule has 4 nitrogen and oxygen atoms in total. The summed E-state index contributed by atoms with van der Waals surface area (Å²) in [5.41, 5.74) is 4.48. The lowest BCUT2D eigenvalue weighted by atomic mass is 9.60. The molecule has 0 radical (unpaired) electrons. The molecule has 6 atom stereocenters. The van der Waals surface area contributed by atoms with Gasteiger partial charge in [0.05, 0.1) is 19.3 Å². The second-order valence-electron chi connectivity index (χ2n) is 17.8. The third kappa shape index (κ3) is 8.49. The number of ether oxygens (including phenoxy) is 1. The predicted octanol–water partition coefficient (Wildman–Crippen LogP) is 11.2. The Labute approximate surface area is 274 Å². The Morgan fingerprint density at radius 1 is 1.02 bits per heavy atom. The molecule has 0 amide bonds. The fraction of sp³-hybridized carbons (Fsp3) is 0.816. The van der Waals surface area contributed by atoms with Crippen molar-refractivity contribution in [1.82, 2.24) is 0 Å². The molecule has 3 aliphatic rings. The highest BCUT2D eigenvalue weighted by molar-refractivity contribution is 6.74. The fourth-order valence-electron chi connectivity index (χ4n) is 7.85. The van der Waals surface area contributed by atoms with Gasteiger partial charge in [-0.2, -0.15) is 0 Å². The van der Waals surface area contributed by atoms with Crippen LogP contribution in [0.4, 0.5) is 0 Å². The molecule has 0 aromatic rings. The van der Waals surface area contributed by atoms with Gasteiger partial charge in [0, 0.05) is 12.8 Å². The lowest BCUT2D eigenvalue weighted by Gasteiger charge is -2.46. The van der Waals surface area contributed by atoms with E-state index < -0.39 is 16.6 Å². The number of carbonyl (C=O) groups is 1. The van der Waals surface area contributed by atoms with Crippen molar-refractivity contribution in [3.8, 4) is 0 Å². The summed E-state index contributed by atoms with van der Waals surface area (Å²) < 4.78 is 19.0. The van der Waals surface area contributed by atoms with Crippen LogP contribution in [-0.4, -0.2) is 41.9 Å². The van der Waals surface area contributed by atoms with Gasteiger partial charge in [0.25, 0.3) is 0 Å². The molecular formula is C38H68O4Si2. The average Bonchev–Trinajstić information content (AvgIpc) is 3.25. The summed E-state index contributed by atoms with van der Waals surface area (Å²) in [6.07, 6.45) is 15.9. The van der Waals surface area contributed by atoms with Gasteiger partial charge in [-0.05, 0) is 122 Å². The molecule has 3 rings (SSSR count). The lowest BCUT2D eigenvalue weighted by molar-refractivity contribution is -0.140. The standard InChI is InChI=1S/C38H68O4Si2/c1-27(17-15-19-35(39)40-10)32-22-23-33-29(18-16-24-38(32,33)9)20-21-30-25-31(41-43(11,12)36(3,4)5)26-34(28(30)2)42-44(13,14)37(6,7)8/h20-21,27,31-34H,2,15-19,22-26H2,1,3-14H3/b29-20+,30-21+/t27-,31-,32-,33+,34+,38-/m1/s1. The van der Waals surface area contributed by atoms with Gasteiger partial charge in [-0.1, -0.05) is 79.7 Å². The van der Waals surface area contributed by atoms with Crippen LogP contribution in [0.1, 0.15) is 120 Å². The first-order valence-corrected chi connectivity index (χ1v) is 23.5. The minimum absolute atomic E-state index is 0.0161. The number of fused-ring (bicyclic) bond motifs is 1. The first kappa shape index (κ1) is 37.5. The molecule has 0 spiro atoms. The normalized spacial score (nSPS) is 31.3. The van der Waals surface area contributed by atoms with Gasteiger partial charge in [-0.3, -0.25) is 4.79 Å². The predicted molar refractivity (Wildman–Crippen MR) is 192 cm³/mol. The van der Waals surface area contributed by atoms with Crippen LogP contribution in [0.5, 0.6) is 0 Å². The molecule has 0 heterocycles. The first-order chi connectivity index (χ1) is 20.1. The smallest absolute Gasteiger partial charge is 0.305 e. The van der Waals surface area contributed by atoms with Crippen molar-refractivity contribution in [1.29, 1.82) is 0 Å². The van der Waals surface area contributed by atoms with Crippen LogP contribution in [0.25, 0.3) is 0 Å². The van der Waals surface area contributed by atoms with E-state index in [-0.39, 0.29) is 28.3 Å². The van der Waals surface area contributed by atoms with Crippen LogP contribution in [0, 0.1) is 23.2 Å². The zero-order valence-corrected chi connectivity index (χ0v) is 33.0. The molecule has 0 aliphatic heterocycles. The van der Waals surface area contributed by atoms with Crippen LogP contribution in [0.15, 0.2) is 35.5 Å². The van der Waals surface area contributed by atoms with Crippen LogP contribution in [0.3, 0.4) is 0 Å². The number of carbonyl (C=O) groups excluding carboxylic acids is 1. The molecule has 3 aliphatic carbocycles. The minimum Gasteiger partial charge on any atom is -0.469 e. The van der Waals surface area contributed by atoms with E-state index in [1.165, 1.54) is 50.4 Å². The Morgan fingerprint density at radius 2 is 1.64 bits per heavy atom. The highest BCUT2D eigenvalue weighted by Gasteiger charge is 2.50. The zero-order chi connectivity index (χ0) is 33.3. The zero-order valence-electron chi connectivity index (χ0n) is 31.0. The lowest BCUT2D eigenvalue weighted by Crippen LogP contribution is -2.49. The average molecular weight is 645 g/mol. The molecule has 0 N–H and O–H groups in total. The summed E-state index contributed by atoms with van der Waals surface area (Å²) in [6, 6.07) is 0. The van der Waals surface area contributed by atoms with Gasteiger partial charge in [-0.25, -0.2) is 0 Å². The first-order valence-electron chi connectivity index (χ1n) is 17.6. The molecule has 44 heavy (non-hydrogen) atoms. The molecule has 6 heteroatoms. The van der Waals surface area contributed by atoms with Gasteiger partial charge in [0.1, 0.15) is 0 Å². The Kier molecular flexibility index (Phi) is 12.0. The molecule has 0 saturated heterocycles. The van der Waals surface area contributed by atoms with Crippen molar-refractivity contribution in [3.63, 3.8) is 0 Å². The highest BCUT2D eigenvalue weighted by atomic mass is 28.4. The molecule has 252 valence electrons. The summed E-state index contributed by atoms with van der Waals surface area (Å²) >= 11 is 0. The number of methoxy groups -OCH3 is 1. The van der Waals surface area contributed by atoms with Gasteiger partial charge in [0.2, 0.25) is 0 Å². The Bertz CT molecular complexity index is 1090. The Hall–Kier alpha value is -0.956. The number of hydrogen-bond donors (Lipinski definition) is 0. The third-order valence-electron chi connectivity index (χ3n) is 12.7. The summed E-state index contributed by atoms with van der Waals surface area (Å²) in [5, 5.41) is 0.319. The largest absolute Gasteiger partial charge is 0.469 e. The van der Waals surface area contributed by atoms with E-state index in [0.29, 0.717) is 23.7 Å². The summed E-state index contributed by atoms with van der Waals surface area (Å²) in [5.74, 6) is 1.92. The monoisotopic (exact) mass is 644 g/mol. The van der Waals surface area contributed by atoms with Gasteiger partial charge in [0.15, 0.2) is 16.6 Å². The second kappa shape index (κ2) is 14.0. The van der Waals surface area contributed by atoms with E-state index in [4.69, 9.17) is 13.6 Å². The van der Waals surface area contributed by atoms with Crippen LogP contribution < -0.4 is 0 Å². The van der Waals surface area contributed by atoms with E-state index >= 15 is 0 Å². The minimum atomic E-state index is -1.98. The molecule has 3 fully saturated rings. The van der Waals surface area contributed by atoms with Crippen molar-refractivity contribution >= 4 is 22.6 Å². The van der Waals surface area contributed by atoms with E-state index in [0.717, 1.165) is 31.6 Å². The molecule has 0 aromatic carbocycles. The number of rotatable bonds is 10. The molecule has 0 bridgehead atoms. The molecule has 0 unspecified atom stereocenters. The number of allylic oxidation sites excluding steroid dienone is 3. The summed E-state index contributed by atoms with van der Waals surface area (Å²) in [7, 11) is -2.42. The maximum Gasteiger partial charge on any atom is 0.305 e. The number of hydrogen-bond acceptors (Lipinski definition) is 4. The van der Waals surface area contributed by atoms with E-state index in [2.05, 4.69) is 100 Å². The number of esters is 1. The maximum absolute atomic E-state index is 11.7. The molecule has 3 saturated carbocycles. The van der Waals surface area contributed by atoms with Crippen LogP contribution in [-0.2, 0) is 18.4 Å². The SMILES string of the molecule is C=C1/C(=C/C=C2\CCC[C@]3(C)[C@@H]([C@H](C)CCCC(=O)OC)CC[C@@H]23)C[C@@H](O[Si](C)(C)C(C)(C)C)C[C@@H]1O[Si](C)(C)C(C)(C)C. The van der Waals surface area contributed by atoms with Crippen LogP contribution in [0.2, 0.25) is 36.3 Å². The third-order valence-corrected chi connectivity index (χ3v) is 21.7.